The molecule has 0 aliphatic carbocycles. The summed E-state index contributed by atoms with van der Waals surface area (Å²) in [5.41, 5.74) is 7.29. The second-order valence-corrected chi connectivity index (χ2v) is 17.1. The van der Waals surface area contributed by atoms with Crippen molar-refractivity contribution in [2.75, 3.05) is 19.6 Å². The number of esters is 1. The molecule has 56 heavy (non-hydrogen) atoms. The first kappa shape index (κ1) is 45.2. The Kier molecular flexibility index (Phi) is 15.0. The van der Waals surface area contributed by atoms with E-state index in [0.29, 0.717) is 28.9 Å². The first-order chi connectivity index (χ1) is 25.9. The van der Waals surface area contributed by atoms with Crippen LogP contribution in [0.1, 0.15) is 89.5 Å². The van der Waals surface area contributed by atoms with Crippen molar-refractivity contribution in [1.82, 2.24) is 31.3 Å². The number of carbonyl (C=O) groups is 6. The van der Waals surface area contributed by atoms with Crippen LogP contribution in [0.4, 0.5) is 0 Å². The van der Waals surface area contributed by atoms with Gasteiger partial charge in [0.2, 0.25) is 35.5 Å². The molecule has 0 unspecified atom stereocenters. The normalized spacial score (nSPS) is 21.7. The number of benzene rings is 1. The zero-order chi connectivity index (χ0) is 42.2. The van der Waals surface area contributed by atoms with E-state index in [0.717, 1.165) is 5.56 Å². The summed E-state index contributed by atoms with van der Waals surface area (Å²) in [6, 6.07) is -3.65. The summed E-state index contributed by atoms with van der Waals surface area (Å²) >= 11 is 0. The van der Waals surface area contributed by atoms with Crippen LogP contribution in [0, 0.1) is 20.8 Å². The number of hydrogen-bond acceptors (Lipinski definition) is 11. The van der Waals surface area contributed by atoms with E-state index in [-0.39, 0.29) is 43.2 Å². The van der Waals surface area contributed by atoms with E-state index in [2.05, 4.69) is 36.3 Å². The molecule has 0 bridgehead atoms. The molecule has 1 aromatic rings. The number of hydrogen-bond donors (Lipinski definition) is 7. The van der Waals surface area contributed by atoms with Gasteiger partial charge in [0.05, 0.1) is 17.9 Å². The highest BCUT2D eigenvalue weighted by atomic mass is 32.2. The van der Waals surface area contributed by atoms with Crippen LogP contribution in [-0.2, 0) is 49.9 Å². The summed E-state index contributed by atoms with van der Waals surface area (Å²) < 4.78 is 40.9. The minimum Gasteiger partial charge on any atom is -0.487 e. The van der Waals surface area contributed by atoms with Crippen LogP contribution in [0.5, 0.6) is 5.75 Å². The number of sulfonamides is 1. The molecule has 0 saturated carbocycles. The molecule has 0 radical (unpaired) electrons. The minimum atomic E-state index is -4.16. The molecule has 2 heterocycles. The Labute approximate surface area is 328 Å². The van der Waals surface area contributed by atoms with Crippen LogP contribution < -0.4 is 41.8 Å². The molecule has 3 rings (SSSR count). The predicted molar refractivity (Wildman–Crippen MR) is 207 cm³/mol. The van der Waals surface area contributed by atoms with E-state index in [1.165, 1.54) is 13.0 Å². The van der Waals surface area contributed by atoms with E-state index >= 15 is 0 Å². The molecular formula is C37H56N8O10S. The summed E-state index contributed by atoms with van der Waals surface area (Å²) in [4.78, 5) is 81.2. The molecule has 1 aromatic carbocycles. The Morgan fingerprint density at radius 1 is 0.982 bits per heavy atom. The van der Waals surface area contributed by atoms with Gasteiger partial charge in [0.25, 0.3) is 10.0 Å². The molecule has 8 N–H and O–H groups in total. The van der Waals surface area contributed by atoms with Crippen molar-refractivity contribution < 1.29 is 46.7 Å². The molecule has 0 spiro atoms. The van der Waals surface area contributed by atoms with Gasteiger partial charge in [0, 0.05) is 32.0 Å². The SMILES string of the molecule is CC(=O)N[C@@H]1C/C=C/CNC(=O)[C@H](CC(=O)OC(C)(C)C)NC(=O)CNC(=O)[C@H](CCCN=C(N)NS(=O)(=O)c2c(C)c(C)c3c(c2C)CC(C)(C)O3)NC1=O. The number of ether oxygens (including phenoxy) is 2. The lowest BCUT2D eigenvalue weighted by molar-refractivity contribution is -0.156. The van der Waals surface area contributed by atoms with Crippen LogP contribution in [0.25, 0.3) is 0 Å². The highest BCUT2D eigenvalue weighted by Gasteiger charge is 2.37. The van der Waals surface area contributed by atoms with Crippen LogP contribution in [-0.4, -0.2) is 98.8 Å². The average molecular weight is 805 g/mol. The van der Waals surface area contributed by atoms with Gasteiger partial charge in [-0.15, -0.1) is 0 Å². The predicted octanol–water partition coefficient (Wildman–Crippen LogP) is 0.0970. The molecule has 3 atom stereocenters. The molecule has 0 saturated heterocycles. The van der Waals surface area contributed by atoms with Crippen LogP contribution in [0.15, 0.2) is 22.0 Å². The number of nitrogens with two attached hydrogens (primary N) is 1. The van der Waals surface area contributed by atoms with E-state index in [4.69, 9.17) is 15.2 Å². The second kappa shape index (κ2) is 18.6. The van der Waals surface area contributed by atoms with Gasteiger partial charge in [0.15, 0.2) is 0 Å². The maximum Gasteiger partial charge on any atom is 0.308 e. The number of aliphatic imine (C=N–C) groups is 1. The van der Waals surface area contributed by atoms with E-state index < -0.39 is 87.8 Å². The number of nitrogens with zero attached hydrogens (tertiary/aromatic N) is 1. The molecule has 0 fully saturated rings. The van der Waals surface area contributed by atoms with E-state index in [9.17, 15) is 37.2 Å². The first-order valence-electron chi connectivity index (χ1n) is 18.3. The summed E-state index contributed by atoms with van der Waals surface area (Å²) in [6.07, 6.45) is 3.22. The van der Waals surface area contributed by atoms with Gasteiger partial charge in [-0.1, -0.05) is 12.2 Å². The van der Waals surface area contributed by atoms with Gasteiger partial charge < -0.3 is 41.8 Å². The van der Waals surface area contributed by atoms with Gasteiger partial charge in [-0.05, 0) is 91.3 Å². The highest BCUT2D eigenvalue weighted by molar-refractivity contribution is 7.90. The van der Waals surface area contributed by atoms with Crippen molar-refractivity contribution in [1.29, 1.82) is 0 Å². The largest absolute Gasteiger partial charge is 0.487 e. The third-order valence-electron chi connectivity index (χ3n) is 8.86. The van der Waals surface area contributed by atoms with Crippen molar-refractivity contribution >= 4 is 51.5 Å². The topological polar surface area (TPSA) is 266 Å². The third-order valence-corrected chi connectivity index (χ3v) is 10.5. The van der Waals surface area contributed by atoms with Crippen molar-refractivity contribution in [3.05, 3.63) is 34.4 Å². The van der Waals surface area contributed by atoms with E-state index in [1.54, 1.807) is 47.6 Å². The summed E-state index contributed by atoms with van der Waals surface area (Å²) in [5, 5.41) is 12.6. The van der Waals surface area contributed by atoms with Crippen LogP contribution in [0.3, 0.4) is 0 Å². The number of nitrogens with one attached hydrogen (secondary N) is 6. The minimum absolute atomic E-state index is 0.00213. The quantitative estimate of drug-likeness (QED) is 0.0579. The summed E-state index contributed by atoms with van der Waals surface area (Å²) in [7, 11) is -4.16. The maximum absolute atomic E-state index is 13.6. The standard InChI is InChI=1S/C37H56N8O10S/c1-20-21(2)31(22(3)24-18-37(8,9)55-30(20)24)56(52,53)45-35(38)40-16-12-14-25-32(49)41-19-28(47)43-27(17-29(48)54-36(5,6)7)33(50)39-15-11-10-13-26(34(51)44-25)42-23(4)46/h10-11,25-27H,12-19H2,1-9H3,(H,39,50)(H,41,49)(H,42,46)(H,43,47)(H,44,51)(H3,38,40,45)/b11-10+/t25-,26+,27-/m0/s1. The highest BCUT2D eigenvalue weighted by Crippen LogP contribution is 2.43. The molecular weight excluding hydrogens is 749 g/mol. The third kappa shape index (κ3) is 12.9. The average Bonchev–Trinajstić information content (AvgIpc) is 3.40. The van der Waals surface area contributed by atoms with E-state index in [1.807, 2.05) is 13.8 Å². The Morgan fingerprint density at radius 3 is 2.29 bits per heavy atom. The number of carbonyl (C=O) groups excluding carboxylic acids is 6. The molecule has 5 amide bonds. The van der Waals surface area contributed by atoms with Gasteiger partial charge in [-0.2, -0.15) is 0 Å². The number of fused-ring (bicyclic) bond motifs is 1. The zero-order valence-corrected chi connectivity index (χ0v) is 34.4. The second-order valence-electron chi connectivity index (χ2n) is 15.5. The summed E-state index contributed by atoms with van der Waals surface area (Å²) in [5.74, 6) is -3.88. The van der Waals surface area contributed by atoms with Crippen molar-refractivity contribution in [3.8, 4) is 5.75 Å². The van der Waals surface area contributed by atoms with Gasteiger partial charge in [-0.25, -0.2) is 13.1 Å². The fourth-order valence-corrected chi connectivity index (χ4v) is 7.80. The molecule has 19 heteroatoms. The maximum atomic E-state index is 13.6. The monoisotopic (exact) mass is 804 g/mol. The molecule has 18 nitrogen and oxygen atoms in total. The smallest absolute Gasteiger partial charge is 0.308 e. The molecule has 0 aromatic heterocycles. The van der Waals surface area contributed by atoms with Crippen molar-refractivity contribution in [2.45, 2.75) is 129 Å². The lowest BCUT2D eigenvalue weighted by Crippen LogP contribution is -2.55. The number of rotatable bonds is 9. The van der Waals surface area contributed by atoms with Crippen LogP contribution in [0.2, 0.25) is 0 Å². The van der Waals surface area contributed by atoms with Crippen molar-refractivity contribution in [3.63, 3.8) is 0 Å². The fraction of sp³-hybridized carbons (Fsp3) is 0.595. The van der Waals surface area contributed by atoms with Gasteiger partial charge in [-0.3, -0.25) is 33.8 Å². The van der Waals surface area contributed by atoms with Gasteiger partial charge >= 0.3 is 5.97 Å². The Morgan fingerprint density at radius 2 is 1.64 bits per heavy atom. The summed E-state index contributed by atoms with van der Waals surface area (Å²) in [6.45, 7) is 14.6. The lowest BCUT2D eigenvalue weighted by Gasteiger charge is -2.24. The zero-order valence-electron chi connectivity index (χ0n) is 33.6. The lowest BCUT2D eigenvalue weighted by atomic mass is 9.94. The molecule has 310 valence electrons. The Hall–Kier alpha value is -5.20. The molecule has 2 aliphatic rings. The van der Waals surface area contributed by atoms with Crippen molar-refractivity contribution in [2.24, 2.45) is 10.7 Å². The number of guanidine groups is 1. The Balaban J connectivity index is 1.77. The number of amides is 5. The van der Waals surface area contributed by atoms with Crippen LogP contribution >= 0.6 is 0 Å². The Bertz CT molecular complexity index is 1890. The van der Waals surface area contributed by atoms with Gasteiger partial charge in [0.1, 0.15) is 35.1 Å². The molecule has 2 aliphatic heterocycles. The first-order valence-corrected chi connectivity index (χ1v) is 19.8. The fourth-order valence-electron chi connectivity index (χ4n) is 6.28.